The van der Waals surface area contributed by atoms with E-state index in [1.54, 1.807) is 0 Å². The summed E-state index contributed by atoms with van der Waals surface area (Å²) in [5.41, 5.74) is 7.42. The van der Waals surface area contributed by atoms with Gasteiger partial charge in [0.05, 0.1) is 0 Å². The Bertz CT molecular complexity index is 269. The van der Waals surface area contributed by atoms with Gasteiger partial charge in [0.25, 0.3) is 0 Å². The molecule has 0 radical (unpaired) electrons. The Labute approximate surface area is 93.1 Å². The quantitative estimate of drug-likeness (QED) is 0.797. The molecule has 0 aliphatic rings. The molecule has 1 rings (SSSR count). The van der Waals surface area contributed by atoms with Crippen LogP contribution in [0.25, 0.3) is 0 Å². The van der Waals surface area contributed by atoms with Crippen LogP contribution in [-0.4, -0.2) is 30.6 Å². The summed E-state index contributed by atoms with van der Waals surface area (Å²) in [4.78, 5) is 2.29. The van der Waals surface area contributed by atoms with Gasteiger partial charge in [-0.2, -0.15) is 0 Å². The highest BCUT2D eigenvalue weighted by Gasteiger charge is 2.09. The number of nitrogens with zero attached hydrogens (tertiary/aromatic N) is 1. The molecule has 0 aliphatic heterocycles. The summed E-state index contributed by atoms with van der Waals surface area (Å²) >= 11 is 0. The van der Waals surface area contributed by atoms with E-state index in [1.807, 2.05) is 6.07 Å². The number of hydrogen-bond acceptors (Lipinski definition) is 2. The van der Waals surface area contributed by atoms with Gasteiger partial charge in [0.1, 0.15) is 0 Å². The van der Waals surface area contributed by atoms with Gasteiger partial charge in [-0.1, -0.05) is 30.3 Å². The van der Waals surface area contributed by atoms with Crippen LogP contribution in [-0.2, 0) is 6.42 Å². The first kappa shape index (κ1) is 12.2. The molecule has 0 heterocycles. The van der Waals surface area contributed by atoms with E-state index in [0.717, 1.165) is 13.0 Å². The molecule has 0 spiro atoms. The van der Waals surface area contributed by atoms with Crippen LogP contribution in [0.15, 0.2) is 30.3 Å². The second-order valence-electron chi connectivity index (χ2n) is 4.48. The monoisotopic (exact) mass is 206 g/mol. The van der Waals surface area contributed by atoms with Gasteiger partial charge >= 0.3 is 0 Å². The molecule has 2 N–H and O–H groups in total. The van der Waals surface area contributed by atoms with Crippen molar-refractivity contribution in [1.82, 2.24) is 4.90 Å². The number of nitrogens with two attached hydrogens (primary N) is 1. The molecular formula is C13H22N2. The summed E-state index contributed by atoms with van der Waals surface area (Å²) in [7, 11) is 2.12. The van der Waals surface area contributed by atoms with Gasteiger partial charge in [-0.15, -0.1) is 0 Å². The first-order valence-corrected chi connectivity index (χ1v) is 5.59. The van der Waals surface area contributed by atoms with Crippen LogP contribution in [0.5, 0.6) is 0 Å². The lowest BCUT2D eigenvalue weighted by atomic mass is 10.1. The van der Waals surface area contributed by atoms with E-state index < -0.39 is 0 Å². The third-order valence-electron chi connectivity index (χ3n) is 2.74. The topological polar surface area (TPSA) is 29.3 Å². The molecule has 0 bridgehead atoms. The van der Waals surface area contributed by atoms with E-state index in [1.165, 1.54) is 5.56 Å². The van der Waals surface area contributed by atoms with Crippen molar-refractivity contribution in [3.63, 3.8) is 0 Å². The van der Waals surface area contributed by atoms with E-state index in [-0.39, 0.29) is 6.04 Å². The van der Waals surface area contributed by atoms with Crippen molar-refractivity contribution in [1.29, 1.82) is 0 Å². The van der Waals surface area contributed by atoms with Crippen molar-refractivity contribution in [3.8, 4) is 0 Å². The number of benzene rings is 1. The zero-order chi connectivity index (χ0) is 11.3. The van der Waals surface area contributed by atoms with Gasteiger partial charge in [-0.25, -0.2) is 0 Å². The van der Waals surface area contributed by atoms with Gasteiger partial charge in [0.2, 0.25) is 0 Å². The largest absolute Gasteiger partial charge is 0.326 e. The van der Waals surface area contributed by atoms with Gasteiger partial charge in [-0.05, 0) is 32.9 Å². The Morgan fingerprint density at radius 1 is 1.20 bits per heavy atom. The number of likely N-dealkylation sites (N-methyl/N-ethyl adjacent to an activating group) is 1. The minimum Gasteiger partial charge on any atom is -0.326 e. The number of hydrogen-bond donors (Lipinski definition) is 1. The van der Waals surface area contributed by atoms with E-state index in [0.29, 0.717) is 6.04 Å². The lowest BCUT2D eigenvalue weighted by Gasteiger charge is -2.24. The number of rotatable bonds is 5. The normalized spacial score (nSPS) is 13.5. The Morgan fingerprint density at radius 3 is 2.33 bits per heavy atom. The summed E-state index contributed by atoms with van der Waals surface area (Å²) in [5, 5.41) is 0. The molecule has 1 aromatic rings. The van der Waals surface area contributed by atoms with E-state index >= 15 is 0 Å². The maximum atomic E-state index is 6.10. The minimum absolute atomic E-state index is 0.222. The fraction of sp³-hybridized carbons (Fsp3) is 0.538. The Hall–Kier alpha value is -0.860. The summed E-state index contributed by atoms with van der Waals surface area (Å²) in [5.74, 6) is 0. The molecule has 1 aromatic carbocycles. The van der Waals surface area contributed by atoms with E-state index in [9.17, 15) is 0 Å². The van der Waals surface area contributed by atoms with Crippen LogP contribution < -0.4 is 5.73 Å². The lowest BCUT2D eigenvalue weighted by molar-refractivity contribution is 0.256. The molecule has 0 aliphatic carbocycles. The fourth-order valence-corrected chi connectivity index (χ4v) is 1.56. The Balaban J connectivity index is 2.39. The van der Waals surface area contributed by atoms with E-state index in [2.05, 4.69) is 50.1 Å². The minimum atomic E-state index is 0.222. The van der Waals surface area contributed by atoms with Gasteiger partial charge < -0.3 is 10.6 Å². The second-order valence-corrected chi connectivity index (χ2v) is 4.48. The average molecular weight is 206 g/mol. The standard InChI is InChI=1S/C13H22N2/c1-11(2)15(3)10-13(14)9-12-7-5-4-6-8-12/h4-8,11,13H,9-10,14H2,1-3H3. The smallest absolute Gasteiger partial charge is 0.0208 e. The predicted molar refractivity (Wildman–Crippen MR) is 65.9 cm³/mol. The molecule has 0 aromatic heterocycles. The molecule has 0 saturated heterocycles. The Morgan fingerprint density at radius 2 is 1.80 bits per heavy atom. The highest BCUT2D eigenvalue weighted by molar-refractivity contribution is 5.15. The molecule has 0 amide bonds. The van der Waals surface area contributed by atoms with Crippen LogP contribution >= 0.6 is 0 Å². The van der Waals surface area contributed by atoms with Crippen LogP contribution in [0, 0.1) is 0 Å². The van der Waals surface area contributed by atoms with Crippen LogP contribution in [0.1, 0.15) is 19.4 Å². The van der Waals surface area contributed by atoms with Gasteiger partial charge in [-0.3, -0.25) is 0 Å². The van der Waals surface area contributed by atoms with Crippen LogP contribution in [0.3, 0.4) is 0 Å². The lowest BCUT2D eigenvalue weighted by Crippen LogP contribution is -2.39. The SMILES string of the molecule is CC(C)N(C)CC(N)Cc1ccccc1. The first-order chi connectivity index (χ1) is 7.09. The highest BCUT2D eigenvalue weighted by Crippen LogP contribution is 2.03. The molecule has 84 valence electrons. The zero-order valence-electron chi connectivity index (χ0n) is 9.98. The molecule has 15 heavy (non-hydrogen) atoms. The first-order valence-electron chi connectivity index (χ1n) is 5.59. The zero-order valence-corrected chi connectivity index (χ0v) is 9.98. The molecule has 1 atom stereocenters. The fourth-order valence-electron chi connectivity index (χ4n) is 1.56. The third kappa shape index (κ3) is 4.45. The van der Waals surface area contributed by atoms with Gasteiger partial charge in [0.15, 0.2) is 0 Å². The average Bonchev–Trinajstić information content (AvgIpc) is 2.18. The summed E-state index contributed by atoms with van der Waals surface area (Å²) in [6, 6.07) is 11.2. The summed E-state index contributed by atoms with van der Waals surface area (Å²) in [6.45, 7) is 5.33. The second kappa shape index (κ2) is 5.89. The van der Waals surface area contributed by atoms with Crippen molar-refractivity contribution < 1.29 is 0 Å². The van der Waals surface area contributed by atoms with Crippen molar-refractivity contribution in [2.45, 2.75) is 32.4 Å². The van der Waals surface area contributed by atoms with Crippen LogP contribution in [0.4, 0.5) is 0 Å². The molecule has 0 fully saturated rings. The van der Waals surface area contributed by atoms with Crippen molar-refractivity contribution in [2.24, 2.45) is 5.73 Å². The molecule has 1 unspecified atom stereocenters. The summed E-state index contributed by atoms with van der Waals surface area (Å²) in [6.07, 6.45) is 0.956. The maximum Gasteiger partial charge on any atom is 0.0208 e. The predicted octanol–water partition coefficient (Wildman–Crippen LogP) is 1.90. The van der Waals surface area contributed by atoms with Crippen LogP contribution in [0.2, 0.25) is 0 Å². The Kier molecular flexibility index (Phi) is 4.79. The van der Waals surface area contributed by atoms with E-state index in [4.69, 9.17) is 5.73 Å². The molecule has 2 nitrogen and oxygen atoms in total. The summed E-state index contributed by atoms with van der Waals surface area (Å²) < 4.78 is 0. The molecule has 0 saturated carbocycles. The third-order valence-corrected chi connectivity index (χ3v) is 2.74. The maximum absolute atomic E-state index is 6.10. The van der Waals surface area contributed by atoms with Crippen molar-refractivity contribution in [2.75, 3.05) is 13.6 Å². The molecular weight excluding hydrogens is 184 g/mol. The molecule has 2 heteroatoms. The van der Waals surface area contributed by atoms with Crippen molar-refractivity contribution >= 4 is 0 Å². The van der Waals surface area contributed by atoms with Gasteiger partial charge in [0, 0.05) is 18.6 Å². The highest BCUT2D eigenvalue weighted by atomic mass is 15.1. The van der Waals surface area contributed by atoms with Crippen molar-refractivity contribution in [3.05, 3.63) is 35.9 Å².